The molecule has 4 atom stereocenters. The maximum absolute atomic E-state index is 14.2. The second kappa shape index (κ2) is 15.4. The number of halogens is 1. The number of aromatic nitrogens is 2. The third-order valence-corrected chi connectivity index (χ3v) is 11.9. The Hall–Kier alpha value is -3.80. The van der Waals surface area contributed by atoms with Gasteiger partial charge in [0.2, 0.25) is 5.91 Å². The highest BCUT2D eigenvalue weighted by molar-refractivity contribution is 7.92. The Morgan fingerprint density at radius 1 is 1.18 bits per heavy atom. The zero-order valence-corrected chi connectivity index (χ0v) is 29.7. The van der Waals surface area contributed by atoms with Crippen LogP contribution in [0.2, 0.25) is 5.02 Å². The van der Waals surface area contributed by atoms with Crippen molar-refractivity contribution in [1.29, 1.82) is 0 Å². The van der Waals surface area contributed by atoms with Crippen LogP contribution in [0.25, 0.3) is 0 Å². The first-order valence-corrected chi connectivity index (χ1v) is 19.1. The van der Waals surface area contributed by atoms with Gasteiger partial charge in [0.05, 0.1) is 30.6 Å². The monoisotopic (exact) mass is 705 g/mol. The van der Waals surface area contributed by atoms with Crippen LogP contribution in [0.1, 0.15) is 72.8 Å². The van der Waals surface area contributed by atoms with Gasteiger partial charge in [-0.2, -0.15) is 0 Å². The van der Waals surface area contributed by atoms with Crippen LogP contribution >= 0.6 is 11.6 Å². The normalized spacial score (nSPS) is 26.5. The first kappa shape index (κ1) is 35.0. The van der Waals surface area contributed by atoms with Gasteiger partial charge in [0.25, 0.3) is 5.91 Å². The number of methoxy groups -OCH3 is 1. The fraction of sp³-hybridized carbons (Fsp3) is 0.459. The van der Waals surface area contributed by atoms with Gasteiger partial charge in [-0.3, -0.25) is 14.3 Å². The lowest BCUT2D eigenvalue weighted by molar-refractivity contribution is -0.118. The number of rotatable bonds is 5. The summed E-state index contributed by atoms with van der Waals surface area (Å²) in [5.41, 5.74) is 3.32. The minimum atomic E-state index is -3.47. The van der Waals surface area contributed by atoms with Crippen molar-refractivity contribution in [2.75, 3.05) is 37.5 Å². The number of fused-ring (bicyclic) bond motifs is 3. The van der Waals surface area contributed by atoms with E-state index in [0.717, 1.165) is 49.4 Å². The van der Waals surface area contributed by atoms with Crippen LogP contribution in [0, 0.1) is 5.92 Å². The van der Waals surface area contributed by atoms with Crippen molar-refractivity contribution in [2.24, 2.45) is 10.3 Å². The molecule has 2 amide bonds. The zero-order valence-electron chi connectivity index (χ0n) is 28.1. The number of hydrogen-bond acceptors (Lipinski definition) is 8. The molecule has 1 aromatic heterocycles. The Morgan fingerprint density at radius 3 is 2.82 bits per heavy atom. The highest BCUT2D eigenvalue weighted by atomic mass is 35.5. The fourth-order valence-electron chi connectivity index (χ4n) is 7.24. The molecule has 10 nitrogen and oxygen atoms in total. The molecule has 1 aliphatic carbocycles. The Labute approximate surface area is 294 Å². The Bertz CT molecular complexity index is 1830. The molecule has 2 bridgehead atoms. The summed E-state index contributed by atoms with van der Waals surface area (Å²) < 4.78 is 33.4. The van der Waals surface area contributed by atoms with E-state index < -0.39 is 21.7 Å². The van der Waals surface area contributed by atoms with Crippen molar-refractivity contribution in [1.82, 2.24) is 14.7 Å². The quantitative estimate of drug-likeness (QED) is 0.309. The number of carbonyl (C=O) groups excluding carboxylic acids is 2. The van der Waals surface area contributed by atoms with Gasteiger partial charge >= 0.3 is 0 Å². The van der Waals surface area contributed by atoms with Gasteiger partial charge in [0.1, 0.15) is 21.5 Å². The van der Waals surface area contributed by atoms with Crippen LogP contribution in [0.5, 0.6) is 5.75 Å². The van der Waals surface area contributed by atoms with Crippen LogP contribution in [0.15, 0.2) is 71.4 Å². The summed E-state index contributed by atoms with van der Waals surface area (Å²) in [6, 6.07) is 13.1. The highest BCUT2D eigenvalue weighted by Gasteiger charge is 2.42. The molecule has 2 aromatic carbocycles. The van der Waals surface area contributed by atoms with E-state index in [-0.39, 0.29) is 35.1 Å². The number of benzene rings is 2. The van der Waals surface area contributed by atoms with Gasteiger partial charge in [-0.05, 0) is 92.0 Å². The van der Waals surface area contributed by atoms with E-state index in [2.05, 4.69) is 49.1 Å². The van der Waals surface area contributed by atoms with Crippen molar-refractivity contribution in [3.8, 4) is 5.75 Å². The maximum atomic E-state index is 14.2. The maximum Gasteiger partial charge on any atom is 0.286 e. The summed E-state index contributed by atoms with van der Waals surface area (Å²) in [7, 11) is -1.74. The third kappa shape index (κ3) is 8.33. The Morgan fingerprint density at radius 2 is 2.02 bits per heavy atom. The van der Waals surface area contributed by atoms with Crippen molar-refractivity contribution in [2.45, 2.75) is 69.8 Å². The fourth-order valence-corrected chi connectivity index (χ4v) is 9.03. The smallest absolute Gasteiger partial charge is 0.286 e. The van der Waals surface area contributed by atoms with E-state index in [1.54, 1.807) is 25.3 Å². The molecule has 49 heavy (non-hydrogen) atoms. The van der Waals surface area contributed by atoms with Crippen molar-refractivity contribution < 1.29 is 23.3 Å². The second-order valence-electron chi connectivity index (χ2n) is 13.2. The number of allylic oxidation sites excluding steroid dienone is 1. The lowest BCUT2D eigenvalue weighted by Gasteiger charge is -2.41. The number of nitrogens with zero attached hydrogens (tertiary/aromatic N) is 4. The van der Waals surface area contributed by atoms with Gasteiger partial charge in [-0.25, -0.2) is 14.2 Å². The van der Waals surface area contributed by atoms with Crippen LogP contribution in [0.4, 0.5) is 5.69 Å². The second-order valence-corrected chi connectivity index (χ2v) is 15.8. The van der Waals surface area contributed by atoms with Gasteiger partial charge in [0, 0.05) is 48.6 Å². The van der Waals surface area contributed by atoms with Gasteiger partial charge in [-0.1, -0.05) is 43.2 Å². The predicted molar refractivity (Wildman–Crippen MR) is 191 cm³/mol. The molecule has 0 saturated heterocycles. The summed E-state index contributed by atoms with van der Waals surface area (Å²) in [4.78, 5) is 37.3. The Kier molecular flexibility index (Phi) is 11.0. The lowest BCUT2D eigenvalue weighted by atomic mass is 9.70. The number of nitrogens with one attached hydrogen (secondary N) is 1. The van der Waals surface area contributed by atoms with Gasteiger partial charge in [-0.15, -0.1) is 4.36 Å². The molecule has 0 unspecified atom stereocenters. The van der Waals surface area contributed by atoms with E-state index in [0.29, 0.717) is 37.7 Å². The number of aryl methyl sites for hydroxylation is 1. The molecular formula is C37H44ClN5O5S. The number of ether oxygens (including phenoxy) is 2. The predicted octanol–water partition coefficient (Wildman–Crippen LogP) is 6.27. The largest absolute Gasteiger partial charge is 0.490 e. The van der Waals surface area contributed by atoms with Crippen LogP contribution in [-0.4, -0.2) is 64.7 Å². The van der Waals surface area contributed by atoms with E-state index in [1.807, 2.05) is 18.2 Å². The molecule has 2 aliphatic heterocycles. The minimum absolute atomic E-state index is 0.00578. The van der Waals surface area contributed by atoms with E-state index in [4.69, 9.17) is 21.1 Å². The summed E-state index contributed by atoms with van der Waals surface area (Å²) in [5, 5.41) is 0.733. The molecule has 3 heterocycles. The van der Waals surface area contributed by atoms with E-state index in [9.17, 15) is 13.8 Å². The van der Waals surface area contributed by atoms with Gasteiger partial charge in [0.15, 0.2) is 0 Å². The first-order valence-electron chi connectivity index (χ1n) is 17.0. The molecule has 6 rings (SSSR count). The average Bonchev–Trinajstić information content (AvgIpc) is 3.23. The number of carbonyl (C=O) groups is 2. The summed E-state index contributed by atoms with van der Waals surface area (Å²) in [5.74, 6) is 0.0503. The number of anilines is 1. The third-order valence-electron chi connectivity index (χ3n) is 9.79. The van der Waals surface area contributed by atoms with Crippen LogP contribution in [-0.2, 0) is 37.7 Å². The SMILES string of the molecule is CC[C@@H]1C[C@@H](OC)/C=C/CCC[S@@](=O)(NC(=O)Cc2ncccn2)=NC(=O)c2ccc3c(c2)N(C1)C[C@@]1(CCCc2cc(Cl)ccc21)CO3. The molecule has 12 heteroatoms. The van der Waals surface area contributed by atoms with Crippen molar-refractivity contribution in [3.05, 3.63) is 94.5 Å². The first-order chi connectivity index (χ1) is 23.7. The lowest BCUT2D eigenvalue weighted by Crippen LogP contribution is -2.47. The molecular weight excluding hydrogens is 662 g/mol. The molecule has 260 valence electrons. The Balaban J connectivity index is 1.39. The molecule has 3 aliphatic rings. The van der Waals surface area contributed by atoms with Gasteiger partial charge < -0.3 is 14.4 Å². The number of hydrogen-bond donors (Lipinski definition) is 1. The number of amides is 2. The summed E-state index contributed by atoms with van der Waals surface area (Å²) in [6.45, 7) is 4.13. The molecule has 0 radical (unpaired) electrons. The standard InChI is InChI=1S/C37H44ClN5O5S/c1-3-26-19-30(47-2)10-5-4-6-18-49(46,41-35(44)22-34-39-16-8-17-40-34)42-36(45)28-11-14-33-32(21-28)43(23-26)24-37(25-48-33)15-7-9-27-20-29(38)12-13-31(27)37/h5,8,10-14,16-17,20-21,26,30H,3-4,6-7,9,15,18-19,22-25H2,1-2H3,(H,41,42,44,45,46)/b10-5+/t26-,30+,37+,49-/m1/s1. The summed E-state index contributed by atoms with van der Waals surface area (Å²) >= 11 is 6.44. The van der Waals surface area contributed by atoms with Crippen molar-refractivity contribution >= 4 is 39.0 Å². The highest BCUT2D eigenvalue weighted by Crippen LogP contribution is 2.45. The molecule has 1 N–H and O–H groups in total. The molecule has 3 aromatic rings. The van der Waals surface area contributed by atoms with E-state index >= 15 is 0 Å². The molecule has 0 fully saturated rings. The van der Waals surface area contributed by atoms with Crippen LogP contribution < -0.4 is 14.4 Å². The zero-order chi connectivity index (χ0) is 34.4. The minimum Gasteiger partial charge on any atom is -0.490 e. The topological polar surface area (TPSA) is 123 Å². The average molecular weight is 706 g/mol. The molecule has 1 spiro atoms. The van der Waals surface area contributed by atoms with Crippen LogP contribution in [0.3, 0.4) is 0 Å². The van der Waals surface area contributed by atoms with E-state index in [1.165, 1.54) is 23.5 Å². The van der Waals surface area contributed by atoms with Crippen molar-refractivity contribution in [3.63, 3.8) is 0 Å². The molecule has 0 saturated carbocycles. The summed E-state index contributed by atoms with van der Waals surface area (Å²) in [6.07, 6.45) is 12.6.